The highest BCUT2D eigenvalue weighted by Crippen LogP contribution is 2.26. The van der Waals surface area contributed by atoms with E-state index in [0.29, 0.717) is 42.9 Å². The molecule has 2 aromatic rings. The number of amides is 2. The normalized spacial score (nSPS) is 16.6. The van der Waals surface area contributed by atoms with E-state index in [1.807, 2.05) is 18.2 Å². The number of hydrogen-bond acceptors (Lipinski definition) is 7. The highest BCUT2D eigenvalue weighted by atomic mass is 32.1. The Kier molecular flexibility index (Phi) is 7.90. The minimum Gasteiger partial charge on any atom is -0.370 e. The zero-order chi connectivity index (χ0) is 23.1. The van der Waals surface area contributed by atoms with Gasteiger partial charge in [-0.1, -0.05) is 18.2 Å². The number of nitrogens with two attached hydrogens (primary N) is 3. The van der Waals surface area contributed by atoms with Crippen LogP contribution in [0, 0.1) is 0 Å². The molecular weight excluding hydrogens is 430 g/mol. The lowest BCUT2D eigenvalue weighted by Gasteiger charge is -2.25. The van der Waals surface area contributed by atoms with Crippen LogP contribution >= 0.6 is 11.3 Å². The third kappa shape index (κ3) is 5.89. The molecule has 0 saturated carbocycles. The van der Waals surface area contributed by atoms with E-state index >= 15 is 0 Å². The van der Waals surface area contributed by atoms with Gasteiger partial charge in [0.05, 0.1) is 12.1 Å². The van der Waals surface area contributed by atoms with Gasteiger partial charge >= 0.3 is 0 Å². The summed E-state index contributed by atoms with van der Waals surface area (Å²) < 4.78 is 0. The third-order valence-corrected chi connectivity index (χ3v) is 5.92. The zero-order valence-corrected chi connectivity index (χ0v) is 18.4. The van der Waals surface area contributed by atoms with Gasteiger partial charge in [-0.25, -0.2) is 4.98 Å². The number of hydrogen-bond donors (Lipinski definition) is 4. The van der Waals surface area contributed by atoms with Crippen LogP contribution in [0.15, 0.2) is 40.8 Å². The maximum absolute atomic E-state index is 12.9. The fourth-order valence-corrected chi connectivity index (χ4v) is 4.18. The number of fused-ring (bicyclic) bond motifs is 1. The van der Waals surface area contributed by atoms with Crippen molar-refractivity contribution in [2.24, 2.45) is 22.2 Å². The van der Waals surface area contributed by atoms with Gasteiger partial charge in [0.2, 0.25) is 17.6 Å². The molecule has 0 spiro atoms. The summed E-state index contributed by atoms with van der Waals surface area (Å²) in [6.07, 6.45) is 3.49. The van der Waals surface area contributed by atoms with E-state index in [9.17, 15) is 14.4 Å². The van der Waals surface area contributed by atoms with E-state index in [1.54, 1.807) is 11.4 Å². The number of aromatic nitrogens is 1. The van der Waals surface area contributed by atoms with Crippen LogP contribution in [0.5, 0.6) is 0 Å². The van der Waals surface area contributed by atoms with Crippen LogP contribution in [0.2, 0.25) is 0 Å². The molecule has 10 nitrogen and oxygen atoms in total. The second-order valence-electron chi connectivity index (χ2n) is 7.47. The van der Waals surface area contributed by atoms with Crippen LogP contribution < -0.4 is 27.4 Å². The van der Waals surface area contributed by atoms with Crippen molar-refractivity contribution >= 4 is 40.6 Å². The Balaban J connectivity index is 1.74. The summed E-state index contributed by atoms with van der Waals surface area (Å²) >= 11 is 1.20. The van der Waals surface area contributed by atoms with Gasteiger partial charge in [0, 0.05) is 23.8 Å². The molecule has 1 aromatic heterocycles. The van der Waals surface area contributed by atoms with Crippen LogP contribution in [0.1, 0.15) is 34.6 Å². The first-order valence-corrected chi connectivity index (χ1v) is 11.2. The molecule has 1 aromatic carbocycles. The van der Waals surface area contributed by atoms with Crippen molar-refractivity contribution in [2.45, 2.75) is 37.8 Å². The quantitative estimate of drug-likeness (QED) is 0.180. The molecule has 11 heteroatoms. The van der Waals surface area contributed by atoms with Gasteiger partial charge in [-0.3, -0.25) is 19.4 Å². The lowest BCUT2D eigenvalue weighted by Crippen LogP contribution is -2.50. The van der Waals surface area contributed by atoms with Crippen LogP contribution in [0.4, 0.5) is 5.69 Å². The van der Waals surface area contributed by atoms with Gasteiger partial charge in [-0.15, -0.1) is 11.3 Å². The molecule has 170 valence electrons. The predicted octanol–water partition coefficient (Wildman–Crippen LogP) is 0.171. The van der Waals surface area contributed by atoms with Crippen molar-refractivity contribution in [3.8, 4) is 0 Å². The van der Waals surface area contributed by atoms with Gasteiger partial charge in [0.15, 0.2) is 11.0 Å². The fourth-order valence-electron chi connectivity index (χ4n) is 3.55. The highest BCUT2D eigenvalue weighted by Gasteiger charge is 2.31. The Morgan fingerprint density at radius 1 is 1.31 bits per heavy atom. The molecule has 0 aliphatic carbocycles. The number of Topliss-reactive ketones (excluding diaryl/α,β-unsaturated/α-hetero) is 1. The molecule has 0 fully saturated rings. The first-order chi connectivity index (χ1) is 15.4. The van der Waals surface area contributed by atoms with E-state index in [0.717, 1.165) is 5.56 Å². The van der Waals surface area contributed by atoms with E-state index < -0.39 is 18.0 Å². The average molecular weight is 458 g/mol. The molecule has 2 atom stereocenters. The number of aryl methyl sites for hydroxylation is 1. The molecule has 0 bridgehead atoms. The number of thiazole rings is 1. The molecule has 3 rings (SSSR count). The minimum absolute atomic E-state index is 0.0356. The lowest BCUT2D eigenvalue weighted by molar-refractivity contribution is -0.124. The van der Waals surface area contributed by atoms with E-state index in [2.05, 4.69) is 15.3 Å². The van der Waals surface area contributed by atoms with E-state index in [4.69, 9.17) is 17.2 Å². The predicted molar refractivity (Wildman–Crippen MR) is 123 cm³/mol. The number of carbonyl (C=O) groups excluding carboxylic acids is 3. The average Bonchev–Trinajstić information content (AvgIpc) is 3.28. The summed E-state index contributed by atoms with van der Waals surface area (Å²) in [6, 6.07) is 5.91. The Morgan fingerprint density at radius 3 is 2.81 bits per heavy atom. The van der Waals surface area contributed by atoms with E-state index in [-0.39, 0.29) is 24.2 Å². The third-order valence-electron chi connectivity index (χ3n) is 5.13. The summed E-state index contributed by atoms with van der Waals surface area (Å²) in [5, 5.41) is 4.76. The monoisotopic (exact) mass is 457 g/mol. The number of ketones is 1. The molecule has 32 heavy (non-hydrogen) atoms. The SMILES string of the molecule is NC(N)=NCCC[C@H](NC(=O)CN1C(=O)C(N)CCc2ccccc21)C(=O)c1nccs1. The number of nitrogens with one attached hydrogen (secondary N) is 1. The number of nitrogens with zero attached hydrogens (tertiary/aromatic N) is 3. The molecule has 2 amide bonds. The van der Waals surface area contributed by atoms with Gasteiger partial charge in [0.1, 0.15) is 6.54 Å². The number of anilines is 1. The molecule has 1 aliphatic heterocycles. The second kappa shape index (κ2) is 10.8. The lowest BCUT2D eigenvalue weighted by atomic mass is 10.1. The molecule has 1 aliphatic rings. The summed E-state index contributed by atoms with van der Waals surface area (Å²) in [5.74, 6) is -1.11. The molecular formula is C21H27N7O3S. The standard InChI is InChI=1S/C21H27N7O3S/c22-14-8-7-13-4-1-2-6-16(13)28(20(14)31)12-17(29)27-15(5-3-9-26-21(23)24)18(30)19-25-10-11-32-19/h1-2,4,6,10-11,14-15H,3,5,7-9,12,22H2,(H,27,29)(H4,23,24,26)/t14?,15-/m0/s1. The topological polar surface area (TPSA) is 170 Å². The summed E-state index contributed by atoms with van der Waals surface area (Å²) in [4.78, 5) is 48.0. The largest absolute Gasteiger partial charge is 0.370 e. The maximum atomic E-state index is 12.9. The van der Waals surface area contributed by atoms with Gasteiger partial charge in [-0.2, -0.15) is 0 Å². The molecule has 0 radical (unpaired) electrons. The first-order valence-electron chi connectivity index (χ1n) is 10.3. The fraction of sp³-hybridized carbons (Fsp3) is 0.381. The molecule has 0 saturated heterocycles. The van der Waals surface area contributed by atoms with Crippen molar-refractivity contribution in [1.82, 2.24) is 10.3 Å². The number of guanidine groups is 1. The summed E-state index contributed by atoms with van der Waals surface area (Å²) in [6.45, 7) is 0.0891. The van der Waals surface area contributed by atoms with Gasteiger partial charge < -0.3 is 27.4 Å². The summed E-state index contributed by atoms with van der Waals surface area (Å²) in [7, 11) is 0. The molecule has 1 unspecified atom stereocenters. The van der Waals surface area contributed by atoms with Crippen molar-refractivity contribution in [3.63, 3.8) is 0 Å². The van der Waals surface area contributed by atoms with E-state index in [1.165, 1.54) is 22.4 Å². The van der Waals surface area contributed by atoms with Crippen LogP contribution in [-0.4, -0.2) is 53.7 Å². The molecule has 2 heterocycles. The number of para-hydroxylation sites is 1. The van der Waals surface area contributed by atoms with Crippen LogP contribution in [0.3, 0.4) is 0 Å². The van der Waals surface area contributed by atoms with Crippen molar-refractivity contribution in [1.29, 1.82) is 0 Å². The minimum atomic E-state index is -0.811. The Labute approximate surface area is 189 Å². The van der Waals surface area contributed by atoms with Crippen molar-refractivity contribution in [2.75, 3.05) is 18.0 Å². The zero-order valence-electron chi connectivity index (χ0n) is 17.6. The Morgan fingerprint density at radius 2 is 2.09 bits per heavy atom. The number of aliphatic imine (C=N–C) groups is 1. The second-order valence-corrected chi connectivity index (χ2v) is 8.36. The van der Waals surface area contributed by atoms with Crippen LogP contribution in [0.25, 0.3) is 0 Å². The number of carbonyl (C=O) groups is 3. The molecule has 7 N–H and O–H groups in total. The number of benzene rings is 1. The van der Waals surface area contributed by atoms with Gasteiger partial charge in [0.25, 0.3) is 0 Å². The Hall–Kier alpha value is -3.31. The Bertz CT molecular complexity index is 989. The van der Waals surface area contributed by atoms with Crippen molar-refractivity contribution in [3.05, 3.63) is 46.4 Å². The smallest absolute Gasteiger partial charge is 0.244 e. The first kappa shape index (κ1) is 23.4. The number of rotatable bonds is 9. The maximum Gasteiger partial charge on any atom is 0.244 e. The van der Waals surface area contributed by atoms with Gasteiger partial charge in [-0.05, 0) is 37.3 Å². The van der Waals surface area contributed by atoms with Crippen molar-refractivity contribution < 1.29 is 14.4 Å². The highest BCUT2D eigenvalue weighted by molar-refractivity contribution is 7.11. The summed E-state index contributed by atoms with van der Waals surface area (Å²) in [5.41, 5.74) is 18.3. The van der Waals surface area contributed by atoms with Crippen LogP contribution in [-0.2, 0) is 16.0 Å².